The summed E-state index contributed by atoms with van der Waals surface area (Å²) < 4.78 is 4.74. The molecule has 0 aliphatic carbocycles. The van der Waals surface area contributed by atoms with Crippen LogP contribution >= 0.6 is 0 Å². The first kappa shape index (κ1) is 9.75. The molecule has 0 saturated carbocycles. The Balaban J connectivity index is 4.49. The topological polar surface area (TPSA) is 46.5 Å². The lowest BCUT2D eigenvalue weighted by atomic mass is 10.2. The van der Waals surface area contributed by atoms with Gasteiger partial charge in [0.25, 0.3) is 0 Å². The average Bonchev–Trinajstić information content (AvgIpc) is 1.99. The van der Waals surface area contributed by atoms with Gasteiger partial charge in [0.2, 0.25) is 0 Å². The van der Waals surface area contributed by atoms with Crippen molar-refractivity contribution >= 4 is 5.78 Å². The number of ether oxygens (including phenoxy) is 1. The fourth-order valence-corrected chi connectivity index (χ4v) is 0.548. The van der Waals surface area contributed by atoms with Crippen molar-refractivity contribution in [1.29, 1.82) is 0 Å². The van der Waals surface area contributed by atoms with Crippen molar-refractivity contribution in [3.63, 3.8) is 0 Å². The summed E-state index contributed by atoms with van der Waals surface area (Å²) in [6, 6.07) is 0. The second kappa shape index (κ2) is 4.55. The molecule has 0 aliphatic heterocycles. The summed E-state index contributed by atoms with van der Waals surface area (Å²) in [5.74, 6) is 0.0847. The molecular formula is C8H12O3. The molecular weight excluding hydrogens is 144 g/mol. The Bertz CT molecular complexity index is 201. The van der Waals surface area contributed by atoms with Gasteiger partial charge in [-0.15, -0.1) is 0 Å². The minimum absolute atomic E-state index is 0.159. The number of carbonyl (C=O) groups is 1. The standard InChI is InChI=1S/C8H12O3/c1-6(5-9)4-8(11-3)7(2)10/h4-5,9H,1-3H3. The van der Waals surface area contributed by atoms with E-state index in [0.717, 1.165) is 6.26 Å². The molecule has 3 nitrogen and oxygen atoms in total. The van der Waals surface area contributed by atoms with Crippen LogP contribution in [0, 0.1) is 0 Å². The fourth-order valence-electron chi connectivity index (χ4n) is 0.548. The van der Waals surface area contributed by atoms with Gasteiger partial charge >= 0.3 is 0 Å². The largest absolute Gasteiger partial charge is 0.515 e. The molecule has 62 valence electrons. The van der Waals surface area contributed by atoms with Gasteiger partial charge in [-0.1, -0.05) is 0 Å². The third-order valence-corrected chi connectivity index (χ3v) is 1.13. The van der Waals surface area contributed by atoms with Gasteiger partial charge < -0.3 is 9.84 Å². The average molecular weight is 156 g/mol. The van der Waals surface area contributed by atoms with Crippen LogP contribution in [0.1, 0.15) is 13.8 Å². The Kier molecular flexibility index (Phi) is 4.03. The summed E-state index contributed by atoms with van der Waals surface area (Å²) in [5, 5.41) is 8.49. The summed E-state index contributed by atoms with van der Waals surface area (Å²) in [6.07, 6.45) is 2.39. The highest BCUT2D eigenvalue weighted by Crippen LogP contribution is 2.02. The third kappa shape index (κ3) is 3.45. The van der Waals surface area contributed by atoms with Gasteiger partial charge in [0, 0.05) is 6.92 Å². The second-order valence-corrected chi connectivity index (χ2v) is 2.14. The van der Waals surface area contributed by atoms with Gasteiger partial charge in [0.05, 0.1) is 13.4 Å². The lowest BCUT2D eigenvalue weighted by molar-refractivity contribution is -0.116. The van der Waals surface area contributed by atoms with E-state index in [2.05, 4.69) is 0 Å². The smallest absolute Gasteiger partial charge is 0.194 e. The molecule has 0 aliphatic rings. The molecule has 0 atom stereocenters. The van der Waals surface area contributed by atoms with Crippen LogP contribution in [0.3, 0.4) is 0 Å². The zero-order valence-electron chi connectivity index (χ0n) is 6.92. The Morgan fingerprint density at radius 1 is 1.45 bits per heavy atom. The van der Waals surface area contributed by atoms with E-state index < -0.39 is 0 Å². The van der Waals surface area contributed by atoms with Crippen LogP contribution in [0.15, 0.2) is 23.7 Å². The quantitative estimate of drug-likeness (QED) is 0.383. The molecule has 0 radical (unpaired) electrons. The third-order valence-electron chi connectivity index (χ3n) is 1.13. The van der Waals surface area contributed by atoms with Gasteiger partial charge in [0.15, 0.2) is 11.5 Å². The number of ketones is 1. The second-order valence-electron chi connectivity index (χ2n) is 2.14. The van der Waals surface area contributed by atoms with Crippen molar-refractivity contribution in [2.45, 2.75) is 13.8 Å². The maximum atomic E-state index is 10.7. The maximum absolute atomic E-state index is 10.7. The van der Waals surface area contributed by atoms with E-state index in [1.165, 1.54) is 20.1 Å². The van der Waals surface area contributed by atoms with E-state index in [0.29, 0.717) is 5.57 Å². The Morgan fingerprint density at radius 2 is 2.00 bits per heavy atom. The zero-order chi connectivity index (χ0) is 8.85. The maximum Gasteiger partial charge on any atom is 0.194 e. The number of aliphatic hydroxyl groups is 1. The van der Waals surface area contributed by atoms with Gasteiger partial charge in [-0.25, -0.2) is 0 Å². The molecule has 0 rings (SSSR count). The number of Topliss-reactive ketones (excluding diaryl/α,β-unsaturated/α-hetero) is 1. The van der Waals surface area contributed by atoms with Crippen LogP contribution in [0.5, 0.6) is 0 Å². The lowest BCUT2D eigenvalue weighted by Gasteiger charge is -1.99. The summed E-state index contributed by atoms with van der Waals surface area (Å²) in [5.41, 5.74) is 0.581. The molecule has 0 unspecified atom stereocenters. The summed E-state index contributed by atoms with van der Waals surface area (Å²) in [7, 11) is 1.41. The molecule has 0 heterocycles. The van der Waals surface area contributed by atoms with Gasteiger partial charge in [0.1, 0.15) is 0 Å². The van der Waals surface area contributed by atoms with E-state index >= 15 is 0 Å². The molecule has 0 aromatic rings. The van der Waals surface area contributed by atoms with Crippen molar-refractivity contribution in [3.05, 3.63) is 23.7 Å². The Morgan fingerprint density at radius 3 is 2.27 bits per heavy atom. The van der Waals surface area contributed by atoms with Crippen LogP contribution in [0.2, 0.25) is 0 Å². The normalized spacial score (nSPS) is 13.0. The number of hydrogen-bond donors (Lipinski definition) is 1. The van der Waals surface area contributed by atoms with Crippen LogP contribution in [-0.2, 0) is 9.53 Å². The molecule has 11 heavy (non-hydrogen) atoms. The summed E-state index contributed by atoms with van der Waals surface area (Å²) >= 11 is 0. The lowest BCUT2D eigenvalue weighted by Crippen LogP contribution is -1.98. The number of rotatable bonds is 3. The van der Waals surface area contributed by atoms with Gasteiger partial charge in [-0.3, -0.25) is 4.79 Å². The highest BCUT2D eigenvalue weighted by atomic mass is 16.5. The first-order chi connectivity index (χ1) is 5.11. The number of carbonyl (C=O) groups excluding carboxylic acids is 1. The van der Waals surface area contributed by atoms with E-state index in [4.69, 9.17) is 9.84 Å². The van der Waals surface area contributed by atoms with Gasteiger partial charge in [-0.2, -0.15) is 0 Å². The van der Waals surface area contributed by atoms with Crippen LogP contribution in [0.25, 0.3) is 0 Å². The highest BCUT2D eigenvalue weighted by molar-refractivity contribution is 5.91. The fraction of sp³-hybridized carbons (Fsp3) is 0.375. The Hall–Kier alpha value is -1.25. The van der Waals surface area contributed by atoms with Crippen LogP contribution < -0.4 is 0 Å². The molecule has 0 bridgehead atoms. The van der Waals surface area contributed by atoms with Crippen molar-refractivity contribution in [2.24, 2.45) is 0 Å². The minimum atomic E-state index is -0.159. The van der Waals surface area contributed by atoms with Crippen LogP contribution in [0.4, 0.5) is 0 Å². The predicted molar refractivity (Wildman–Crippen MR) is 42.2 cm³/mol. The molecule has 0 amide bonds. The van der Waals surface area contributed by atoms with Crippen molar-refractivity contribution in [3.8, 4) is 0 Å². The monoisotopic (exact) mass is 156 g/mol. The van der Waals surface area contributed by atoms with E-state index in [1.807, 2.05) is 0 Å². The summed E-state index contributed by atoms with van der Waals surface area (Å²) in [4.78, 5) is 10.7. The van der Waals surface area contributed by atoms with Crippen molar-refractivity contribution in [2.75, 3.05) is 7.11 Å². The number of methoxy groups -OCH3 is 1. The number of hydrogen-bond acceptors (Lipinski definition) is 3. The molecule has 0 spiro atoms. The number of allylic oxidation sites excluding steroid dienone is 3. The van der Waals surface area contributed by atoms with Crippen molar-refractivity contribution < 1.29 is 14.6 Å². The van der Waals surface area contributed by atoms with E-state index in [-0.39, 0.29) is 11.5 Å². The van der Waals surface area contributed by atoms with Crippen molar-refractivity contribution in [1.82, 2.24) is 0 Å². The summed E-state index contributed by atoms with van der Waals surface area (Å²) in [6.45, 7) is 3.07. The minimum Gasteiger partial charge on any atom is -0.515 e. The molecule has 0 aromatic heterocycles. The van der Waals surface area contributed by atoms with E-state index in [9.17, 15) is 4.79 Å². The first-order valence-electron chi connectivity index (χ1n) is 3.19. The van der Waals surface area contributed by atoms with Crippen LogP contribution in [-0.4, -0.2) is 18.0 Å². The van der Waals surface area contributed by atoms with E-state index in [1.54, 1.807) is 6.92 Å². The zero-order valence-corrected chi connectivity index (χ0v) is 6.92. The predicted octanol–water partition coefficient (Wildman–Crippen LogP) is 1.57. The highest BCUT2D eigenvalue weighted by Gasteiger charge is 2.01. The SMILES string of the molecule is COC(=CC(C)=CO)C(C)=O. The van der Waals surface area contributed by atoms with Gasteiger partial charge in [-0.05, 0) is 18.6 Å². The molecule has 3 heteroatoms. The first-order valence-corrected chi connectivity index (χ1v) is 3.19. The molecule has 1 N–H and O–H groups in total. The molecule has 0 fully saturated rings. The molecule has 0 saturated heterocycles. The Labute approximate surface area is 66.0 Å². The number of aliphatic hydroxyl groups excluding tert-OH is 1. The molecule has 0 aromatic carbocycles.